The summed E-state index contributed by atoms with van der Waals surface area (Å²) in [6.07, 6.45) is -7.35. The number of hydrogen-bond acceptors (Lipinski definition) is 11. The predicted molar refractivity (Wildman–Crippen MR) is 108 cm³/mol. The zero-order chi connectivity index (χ0) is 23.3. The SMILES string of the molecule is C[C@@H]1O[C@@H](Oc2c(-c3ccc(O)c(O)c3)oc3cc(O)cc(O)c3c2=O)[C@@H](O)[C@H](O)[C@H]1O. The first-order valence-corrected chi connectivity index (χ1v) is 9.50. The fourth-order valence-corrected chi connectivity index (χ4v) is 3.46. The third-order valence-corrected chi connectivity index (χ3v) is 5.20. The predicted octanol–water partition coefficient (Wildman–Crippen LogP) is 0.489. The molecule has 1 aromatic heterocycles. The van der Waals surface area contributed by atoms with E-state index in [2.05, 4.69) is 0 Å². The Hall–Kier alpha value is -3.51. The van der Waals surface area contributed by atoms with Crippen LogP contribution in [0.4, 0.5) is 0 Å². The molecule has 32 heavy (non-hydrogen) atoms. The number of rotatable bonds is 3. The first-order valence-electron chi connectivity index (χ1n) is 9.50. The molecule has 1 saturated heterocycles. The average molecular weight is 448 g/mol. The van der Waals surface area contributed by atoms with Crippen LogP contribution in [0.15, 0.2) is 39.5 Å². The van der Waals surface area contributed by atoms with Gasteiger partial charge in [0, 0.05) is 17.7 Å². The fraction of sp³-hybridized carbons (Fsp3) is 0.286. The molecule has 5 atom stereocenters. The number of benzene rings is 2. The lowest BCUT2D eigenvalue weighted by molar-refractivity contribution is -0.268. The molecule has 0 aliphatic carbocycles. The van der Waals surface area contributed by atoms with Gasteiger partial charge >= 0.3 is 0 Å². The highest BCUT2D eigenvalue weighted by Gasteiger charge is 2.44. The second-order valence-electron chi connectivity index (χ2n) is 7.43. The molecule has 170 valence electrons. The fourth-order valence-electron chi connectivity index (χ4n) is 3.46. The smallest absolute Gasteiger partial charge is 0.239 e. The van der Waals surface area contributed by atoms with Crippen LogP contribution in [-0.4, -0.2) is 66.5 Å². The van der Waals surface area contributed by atoms with E-state index in [1.54, 1.807) is 0 Å². The van der Waals surface area contributed by atoms with E-state index in [1.165, 1.54) is 13.0 Å². The molecule has 7 N–H and O–H groups in total. The normalized spacial score (nSPS) is 25.7. The molecule has 0 amide bonds. The van der Waals surface area contributed by atoms with Gasteiger partial charge in [0.1, 0.15) is 40.8 Å². The second kappa shape index (κ2) is 7.88. The van der Waals surface area contributed by atoms with Gasteiger partial charge in [-0.2, -0.15) is 0 Å². The second-order valence-corrected chi connectivity index (χ2v) is 7.43. The number of aliphatic hydroxyl groups is 3. The van der Waals surface area contributed by atoms with Gasteiger partial charge in [-0.1, -0.05) is 0 Å². The van der Waals surface area contributed by atoms with E-state index in [-0.39, 0.29) is 28.0 Å². The number of phenols is 4. The summed E-state index contributed by atoms with van der Waals surface area (Å²) in [6.45, 7) is 1.42. The van der Waals surface area contributed by atoms with Crippen molar-refractivity contribution in [3.63, 3.8) is 0 Å². The summed E-state index contributed by atoms with van der Waals surface area (Å²) >= 11 is 0. The van der Waals surface area contributed by atoms with Crippen LogP contribution in [-0.2, 0) is 4.74 Å². The van der Waals surface area contributed by atoms with Crippen LogP contribution in [0.1, 0.15) is 6.92 Å². The molecule has 1 fully saturated rings. The minimum atomic E-state index is -1.74. The van der Waals surface area contributed by atoms with Crippen molar-refractivity contribution in [2.45, 2.75) is 37.6 Å². The molecular formula is C21H20O11. The number of aliphatic hydroxyl groups excluding tert-OH is 3. The van der Waals surface area contributed by atoms with Crippen molar-refractivity contribution in [2.24, 2.45) is 0 Å². The summed E-state index contributed by atoms with van der Waals surface area (Å²) in [5.74, 6) is -2.80. The summed E-state index contributed by atoms with van der Waals surface area (Å²) in [5.41, 5.74) is -1.05. The Morgan fingerprint density at radius 2 is 1.59 bits per heavy atom. The molecule has 0 spiro atoms. The van der Waals surface area contributed by atoms with Crippen LogP contribution >= 0.6 is 0 Å². The summed E-state index contributed by atoms with van der Waals surface area (Å²) in [6, 6.07) is 5.51. The van der Waals surface area contributed by atoms with Crippen LogP contribution in [0.25, 0.3) is 22.3 Å². The van der Waals surface area contributed by atoms with Crippen LogP contribution < -0.4 is 10.2 Å². The lowest BCUT2D eigenvalue weighted by Gasteiger charge is -2.38. The Morgan fingerprint density at radius 1 is 0.875 bits per heavy atom. The quantitative estimate of drug-likeness (QED) is 0.276. The lowest BCUT2D eigenvalue weighted by atomic mass is 10.00. The molecule has 0 bridgehead atoms. The van der Waals surface area contributed by atoms with Crippen LogP contribution in [0, 0.1) is 0 Å². The Kier molecular flexibility index (Phi) is 5.34. The topological polar surface area (TPSA) is 190 Å². The number of ether oxygens (including phenoxy) is 2. The van der Waals surface area contributed by atoms with Crippen molar-refractivity contribution in [1.29, 1.82) is 0 Å². The zero-order valence-electron chi connectivity index (χ0n) is 16.5. The monoisotopic (exact) mass is 448 g/mol. The Labute approximate surface area is 179 Å². The summed E-state index contributed by atoms with van der Waals surface area (Å²) in [5, 5.41) is 69.2. The molecule has 1 aliphatic heterocycles. The average Bonchev–Trinajstić information content (AvgIpc) is 2.73. The maximum Gasteiger partial charge on any atom is 0.239 e. The highest BCUT2D eigenvalue weighted by Crippen LogP contribution is 2.39. The summed E-state index contributed by atoms with van der Waals surface area (Å²) in [7, 11) is 0. The van der Waals surface area contributed by atoms with E-state index in [9.17, 15) is 40.5 Å². The van der Waals surface area contributed by atoms with E-state index >= 15 is 0 Å². The molecule has 0 unspecified atom stereocenters. The molecule has 1 aliphatic rings. The highest BCUT2D eigenvalue weighted by atomic mass is 16.7. The van der Waals surface area contributed by atoms with E-state index in [0.717, 1.165) is 24.3 Å². The van der Waals surface area contributed by atoms with Crippen molar-refractivity contribution in [3.05, 3.63) is 40.6 Å². The van der Waals surface area contributed by atoms with Crippen LogP contribution in [0.5, 0.6) is 28.7 Å². The van der Waals surface area contributed by atoms with Gasteiger partial charge in [-0.05, 0) is 25.1 Å². The molecule has 4 rings (SSSR count). The molecule has 11 heteroatoms. The lowest BCUT2D eigenvalue weighted by Crippen LogP contribution is -2.58. The van der Waals surface area contributed by atoms with E-state index in [1.807, 2.05) is 0 Å². The molecule has 0 saturated carbocycles. The van der Waals surface area contributed by atoms with Gasteiger partial charge in [0.05, 0.1) is 6.10 Å². The van der Waals surface area contributed by atoms with E-state index in [4.69, 9.17) is 13.9 Å². The number of aromatic hydroxyl groups is 4. The largest absolute Gasteiger partial charge is 0.508 e. The standard InChI is InChI=1S/C21H20O11/c1-7-15(26)17(28)18(29)21(30-7)32-20-16(27)14-12(25)5-9(22)6-13(14)31-19(20)8-2-3-10(23)11(24)4-8/h2-7,15,17-18,21-26,28-29H,1H3/t7-,15-,17+,18-,21-/m0/s1. The Morgan fingerprint density at radius 3 is 2.28 bits per heavy atom. The molecule has 11 nitrogen and oxygen atoms in total. The summed E-state index contributed by atoms with van der Waals surface area (Å²) in [4.78, 5) is 13.2. The molecule has 0 radical (unpaired) electrons. The van der Waals surface area contributed by atoms with Crippen molar-refractivity contribution < 1.29 is 49.6 Å². The van der Waals surface area contributed by atoms with Crippen LogP contribution in [0.3, 0.4) is 0 Å². The highest BCUT2D eigenvalue weighted by molar-refractivity contribution is 5.88. The Balaban J connectivity index is 1.92. The first kappa shape index (κ1) is 21.7. The van der Waals surface area contributed by atoms with Gasteiger partial charge < -0.3 is 49.6 Å². The van der Waals surface area contributed by atoms with Crippen molar-refractivity contribution >= 4 is 11.0 Å². The van der Waals surface area contributed by atoms with Gasteiger partial charge in [0.25, 0.3) is 0 Å². The van der Waals surface area contributed by atoms with Crippen molar-refractivity contribution in [1.82, 2.24) is 0 Å². The minimum Gasteiger partial charge on any atom is -0.508 e. The number of hydrogen-bond donors (Lipinski definition) is 7. The first-order chi connectivity index (χ1) is 15.1. The maximum absolute atomic E-state index is 13.2. The Bertz CT molecular complexity index is 1230. The van der Waals surface area contributed by atoms with E-state index < -0.39 is 59.1 Å². The van der Waals surface area contributed by atoms with Gasteiger partial charge in [0.2, 0.25) is 17.5 Å². The molecule has 2 aromatic carbocycles. The maximum atomic E-state index is 13.2. The summed E-state index contributed by atoms with van der Waals surface area (Å²) < 4.78 is 16.6. The molecular weight excluding hydrogens is 428 g/mol. The number of fused-ring (bicyclic) bond motifs is 1. The molecule has 3 aromatic rings. The molecule has 2 heterocycles. The van der Waals surface area contributed by atoms with Crippen molar-refractivity contribution in [3.8, 4) is 40.1 Å². The zero-order valence-corrected chi connectivity index (χ0v) is 16.5. The van der Waals surface area contributed by atoms with Crippen LogP contribution in [0.2, 0.25) is 0 Å². The number of phenolic OH excluding ortho intramolecular Hbond substituents is 4. The van der Waals surface area contributed by atoms with E-state index in [0.29, 0.717) is 0 Å². The third-order valence-electron chi connectivity index (χ3n) is 5.20. The third kappa shape index (κ3) is 3.56. The van der Waals surface area contributed by atoms with Crippen molar-refractivity contribution in [2.75, 3.05) is 0 Å². The van der Waals surface area contributed by atoms with Gasteiger partial charge in [0.15, 0.2) is 17.3 Å². The van der Waals surface area contributed by atoms with Gasteiger partial charge in [-0.3, -0.25) is 4.79 Å². The van der Waals surface area contributed by atoms with Gasteiger partial charge in [-0.15, -0.1) is 0 Å². The minimum absolute atomic E-state index is 0.0658. The van der Waals surface area contributed by atoms with Gasteiger partial charge in [-0.25, -0.2) is 0 Å².